The molecule has 2 aromatic carbocycles. The first-order chi connectivity index (χ1) is 18.7. The van der Waals surface area contributed by atoms with Gasteiger partial charge in [-0.15, -0.1) is 0 Å². The van der Waals surface area contributed by atoms with Crippen molar-refractivity contribution in [1.29, 1.82) is 0 Å². The van der Waals surface area contributed by atoms with Crippen LogP contribution >= 0.6 is 11.3 Å². The van der Waals surface area contributed by atoms with Gasteiger partial charge in [0.05, 0.1) is 28.0 Å². The minimum Gasteiger partial charge on any atom is -0.478 e. The summed E-state index contributed by atoms with van der Waals surface area (Å²) in [5, 5.41) is 11.7. The lowest BCUT2D eigenvalue weighted by Gasteiger charge is -2.27. The lowest BCUT2D eigenvalue weighted by Crippen LogP contribution is -2.31. The molecule has 1 aromatic heterocycles. The lowest BCUT2D eigenvalue weighted by atomic mass is 10.1. The number of carbonyl (C=O) groups excluding carboxylic acids is 1. The fourth-order valence-electron chi connectivity index (χ4n) is 4.06. The Morgan fingerprint density at radius 2 is 1.82 bits per heavy atom. The molecule has 2 fully saturated rings. The highest BCUT2D eigenvalue weighted by atomic mass is 32.2. The highest BCUT2D eigenvalue weighted by Gasteiger charge is 2.37. The number of nitrogens with zero attached hydrogens (tertiary/aromatic N) is 1. The molecular weight excluding hydrogens is 551 g/mol. The first kappa shape index (κ1) is 27.2. The van der Waals surface area contributed by atoms with Crippen LogP contribution in [0.2, 0.25) is 0 Å². The number of hydrogen-bond donors (Lipinski definition) is 2. The Labute approximate surface area is 227 Å². The second-order valence-corrected chi connectivity index (χ2v) is 12.4. The number of amides is 1. The van der Waals surface area contributed by atoms with Crippen molar-refractivity contribution in [1.82, 2.24) is 4.98 Å². The molecule has 1 aliphatic heterocycles. The van der Waals surface area contributed by atoms with Gasteiger partial charge in [-0.2, -0.15) is 0 Å². The molecule has 1 unspecified atom stereocenters. The van der Waals surface area contributed by atoms with Gasteiger partial charge >= 0.3 is 5.97 Å². The van der Waals surface area contributed by atoms with Gasteiger partial charge in [-0.05, 0) is 61.6 Å². The highest BCUT2D eigenvalue weighted by molar-refractivity contribution is 7.92. The number of ether oxygens (including phenoxy) is 3. The van der Waals surface area contributed by atoms with Crippen LogP contribution in [0.15, 0.2) is 53.6 Å². The average Bonchev–Trinajstić information content (AvgIpc) is 3.71. The number of thiazole rings is 1. The van der Waals surface area contributed by atoms with Gasteiger partial charge in [0.1, 0.15) is 0 Å². The number of carboxylic acids is 1. The van der Waals surface area contributed by atoms with Crippen LogP contribution in [0.1, 0.15) is 47.7 Å². The van der Waals surface area contributed by atoms with Crippen LogP contribution in [0.4, 0.5) is 9.52 Å². The van der Waals surface area contributed by atoms with E-state index < -0.39 is 33.6 Å². The molecule has 1 saturated heterocycles. The maximum Gasteiger partial charge on any atom is 0.335 e. The quantitative estimate of drug-likeness (QED) is 0.355. The zero-order chi connectivity index (χ0) is 27.6. The maximum absolute atomic E-state index is 14.2. The van der Waals surface area contributed by atoms with Gasteiger partial charge in [0.2, 0.25) is 5.06 Å². The van der Waals surface area contributed by atoms with E-state index >= 15 is 0 Å². The van der Waals surface area contributed by atoms with Crippen LogP contribution in [0.5, 0.6) is 10.8 Å². The summed E-state index contributed by atoms with van der Waals surface area (Å²) in [4.78, 5) is 28.7. The number of rotatable bonds is 10. The molecule has 0 bridgehead atoms. The predicted molar refractivity (Wildman–Crippen MR) is 138 cm³/mol. The second kappa shape index (κ2) is 11.4. The Morgan fingerprint density at radius 1 is 1.10 bits per heavy atom. The molecule has 206 valence electrons. The standard InChI is InChI=1S/C26H25FN2O8S2/c27-20-13-16(25(31)32)3-8-21(20)37-22-14-28-26(38-22)29-24(30)23(36-17-9-11-35-12-10-17)15-1-4-18(5-2-15)39(33,34)19-6-7-19/h1-5,8,13-14,17,19,23H,6-7,9-12H2,(H,31,32)(H,28,29,30). The van der Waals surface area contributed by atoms with E-state index in [9.17, 15) is 22.4 Å². The summed E-state index contributed by atoms with van der Waals surface area (Å²) in [6, 6.07) is 9.41. The number of anilines is 1. The zero-order valence-corrected chi connectivity index (χ0v) is 22.2. The summed E-state index contributed by atoms with van der Waals surface area (Å²) < 4.78 is 56.4. The number of halogens is 1. The van der Waals surface area contributed by atoms with Crippen LogP contribution in [0.3, 0.4) is 0 Å². The van der Waals surface area contributed by atoms with E-state index in [1.165, 1.54) is 30.5 Å². The largest absolute Gasteiger partial charge is 0.478 e. The predicted octanol–water partition coefficient (Wildman–Crippen LogP) is 4.58. The minimum absolute atomic E-state index is 0.170. The molecule has 1 atom stereocenters. The lowest BCUT2D eigenvalue weighted by molar-refractivity contribution is -0.136. The van der Waals surface area contributed by atoms with Crippen molar-refractivity contribution >= 4 is 38.2 Å². The van der Waals surface area contributed by atoms with Crippen LogP contribution in [-0.2, 0) is 24.1 Å². The molecule has 1 saturated carbocycles. The van der Waals surface area contributed by atoms with Crippen molar-refractivity contribution in [3.63, 3.8) is 0 Å². The number of carboxylic acid groups (broad SMARTS) is 1. The van der Waals surface area contributed by atoms with E-state index in [0.717, 1.165) is 17.4 Å². The van der Waals surface area contributed by atoms with E-state index in [1.54, 1.807) is 12.1 Å². The molecule has 0 radical (unpaired) electrons. The van der Waals surface area contributed by atoms with E-state index in [4.69, 9.17) is 19.3 Å². The van der Waals surface area contributed by atoms with Crippen LogP contribution < -0.4 is 10.1 Å². The summed E-state index contributed by atoms with van der Waals surface area (Å²) >= 11 is 0.947. The molecule has 39 heavy (non-hydrogen) atoms. The average molecular weight is 577 g/mol. The van der Waals surface area contributed by atoms with Crippen molar-refractivity contribution in [2.24, 2.45) is 0 Å². The molecule has 2 N–H and O–H groups in total. The van der Waals surface area contributed by atoms with Crippen molar-refractivity contribution in [3.05, 3.63) is 65.6 Å². The van der Waals surface area contributed by atoms with E-state index in [1.807, 2.05) is 0 Å². The Bertz CT molecular complexity index is 1470. The number of nitrogens with one attached hydrogen (secondary N) is 1. The van der Waals surface area contributed by atoms with Gasteiger partial charge in [0, 0.05) is 13.2 Å². The van der Waals surface area contributed by atoms with Crippen molar-refractivity contribution in [2.45, 2.75) is 48.0 Å². The maximum atomic E-state index is 14.2. The summed E-state index contributed by atoms with van der Waals surface area (Å²) in [6.07, 6.45) is 2.57. The van der Waals surface area contributed by atoms with E-state index in [2.05, 4.69) is 10.3 Å². The van der Waals surface area contributed by atoms with Crippen molar-refractivity contribution < 1.29 is 41.7 Å². The van der Waals surface area contributed by atoms with Gasteiger partial charge in [-0.25, -0.2) is 22.6 Å². The molecule has 2 heterocycles. The zero-order valence-electron chi connectivity index (χ0n) is 20.5. The number of hydrogen-bond acceptors (Lipinski definition) is 9. The molecule has 5 rings (SSSR count). The molecule has 1 aliphatic carbocycles. The Balaban J connectivity index is 1.31. The monoisotopic (exact) mass is 576 g/mol. The first-order valence-electron chi connectivity index (χ1n) is 12.2. The Morgan fingerprint density at radius 3 is 2.46 bits per heavy atom. The Kier molecular flexibility index (Phi) is 7.93. The summed E-state index contributed by atoms with van der Waals surface area (Å²) in [5.41, 5.74) is 0.271. The smallest absolute Gasteiger partial charge is 0.335 e. The van der Waals surface area contributed by atoms with Crippen LogP contribution in [-0.4, -0.2) is 55.0 Å². The third-order valence-corrected chi connectivity index (χ3v) is 9.38. The molecule has 13 heteroatoms. The van der Waals surface area contributed by atoms with Gasteiger partial charge < -0.3 is 19.3 Å². The summed E-state index contributed by atoms with van der Waals surface area (Å²) in [7, 11) is -3.37. The fraction of sp³-hybridized carbons (Fsp3) is 0.346. The molecule has 3 aromatic rings. The summed E-state index contributed by atoms with van der Waals surface area (Å²) in [5.74, 6) is -2.83. The minimum atomic E-state index is -3.37. The van der Waals surface area contributed by atoms with Crippen molar-refractivity contribution in [3.8, 4) is 10.8 Å². The normalized spacial score (nSPS) is 16.9. The molecular formula is C26H25FN2O8S2. The van der Waals surface area contributed by atoms with Gasteiger partial charge in [0.25, 0.3) is 5.91 Å². The molecule has 1 amide bonds. The van der Waals surface area contributed by atoms with E-state index in [-0.39, 0.29) is 37.8 Å². The SMILES string of the molecule is O=C(O)c1ccc(Oc2cnc(NC(=O)C(OC3CCOCC3)c3ccc(S(=O)(=O)C4CC4)cc3)s2)c(F)c1. The van der Waals surface area contributed by atoms with Gasteiger partial charge in [-0.1, -0.05) is 23.5 Å². The molecule has 2 aliphatic rings. The number of carbonyl (C=O) groups is 2. The summed E-state index contributed by atoms with van der Waals surface area (Å²) in [6.45, 7) is 1.02. The van der Waals surface area contributed by atoms with Gasteiger partial charge in [0.15, 0.2) is 32.6 Å². The van der Waals surface area contributed by atoms with Crippen molar-refractivity contribution in [2.75, 3.05) is 18.5 Å². The fourth-order valence-corrected chi connectivity index (χ4v) is 6.40. The second-order valence-electron chi connectivity index (χ2n) is 9.17. The highest BCUT2D eigenvalue weighted by Crippen LogP contribution is 2.35. The van der Waals surface area contributed by atoms with Crippen LogP contribution in [0.25, 0.3) is 0 Å². The van der Waals surface area contributed by atoms with Gasteiger partial charge in [-0.3, -0.25) is 10.1 Å². The Hall–Kier alpha value is -3.39. The van der Waals surface area contributed by atoms with Crippen LogP contribution in [0, 0.1) is 5.82 Å². The first-order valence-corrected chi connectivity index (χ1v) is 14.6. The van der Waals surface area contributed by atoms with E-state index in [0.29, 0.717) is 44.5 Å². The number of sulfone groups is 1. The third-order valence-electron chi connectivity index (χ3n) is 6.31. The topological polar surface area (TPSA) is 141 Å². The molecule has 0 spiro atoms. The number of aromatic carboxylic acids is 1. The number of benzene rings is 2. The third kappa shape index (κ3) is 6.44. The number of aromatic nitrogens is 1. The molecule has 10 nitrogen and oxygen atoms in total.